The molecular formula is C20H23N5O3S. The molecule has 9 heteroatoms. The van der Waals surface area contributed by atoms with Crippen LogP contribution in [0.25, 0.3) is 17.0 Å². The second-order valence-corrected chi connectivity index (χ2v) is 7.87. The lowest BCUT2D eigenvalue weighted by molar-refractivity contribution is -0.119. The van der Waals surface area contributed by atoms with E-state index in [1.807, 2.05) is 30.3 Å². The number of rotatable bonds is 7. The molecule has 1 fully saturated rings. The van der Waals surface area contributed by atoms with Gasteiger partial charge in [-0.1, -0.05) is 24.6 Å². The Hall–Kier alpha value is -2.81. The third-order valence-corrected chi connectivity index (χ3v) is 5.87. The van der Waals surface area contributed by atoms with E-state index in [2.05, 4.69) is 20.6 Å². The van der Waals surface area contributed by atoms with Crippen molar-refractivity contribution in [3.63, 3.8) is 0 Å². The largest absolute Gasteiger partial charge is 0.493 e. The van der Waals surface area contributed by atoms with Crippen molar-refractivity contribution in [1.29, 1.82) is 0 Å². The standard InChI is InChI=1S/C20H23N5O3S/c1-27-15-8-7-13(11-16(15)28-2)20-23-22-17-9-10-19(24-25(17)20)29-12-18(26)21-14-5-3-4-6-14/h7-11,14H,3-6,12H2,1-2H3,(H,21,26). The summed E-state index contributed by atoms with van der Waals surface area (Å²) in [4.78, 5) is 12.2. The van der Waals surface area contributed by atoms with Crippen LogP contribution in [0.1, 0.15) is 25.7 Å². The minimum Gasteiger partial charge on any atom is -0.493 e. The molecule has 1 amide bonds. The predicted octanol–water partition coefficient (Wildman–Crippen LogP) is 2.96. The van der Waals surface area contributed by atoms with Crippen LogP contribution in [-0.2, 0) is 4.79 Å². The maximum Gasteiger partial charge on any atom is 0.230 e. The van der Waals surface area contributed by atoms with E-state index >= 15 is 0 Å². The van der Waals surface area contributed by atoms with E-state index in [1.165, 1.54) is 24.6 Å². The van der Waals surface area contributed by atoms with Crippen LogP contribution in [0.15, 0.2) is 35.4 Å². The Labute approximate surface area is 173 Å². The Morgan fingerprint density at radius 3 is 2.69 bits per heavy atom. The van der Waals surface area contributed by atoms with Crippen molar-refractivity contribution in [3.8, 4) is 22.9 Å². The van der Waals surface area contributed by atoms with E-state index < -0.39 is 0 Å². The summed E-state index contributed by atoms with van der Waals surface area (Å²) in [6.07, 6.45) is 4.55. The van der Waals surface area contributed by atoms with Crippen LogP contribution in [0.2, 0.25) is 0 Å². The van der Waals surface area contributed by atoms with E-state index in [0.29, 0.717) is 34.8 Å². The number of thioether (sulfide) groups is 1. The lowest BCUT2D eigenvalue weighted by Gasteiger charge is -2.11. The number of carbonyl (C=O) groups is 1. The molecule has 152 valence electrons. The van der Waals surface area contributed by atoms with Crippen molar-refractivity contribution >= 4 is 23.3 Å². The van der Waals surface area contributed by atoms with Gasteiger partial charge in [0.25, 0.3) is 0 Å². The molecule has 29 heavy (non-hydrogen) atoms. The van der Waals surface area contributed by atoms with Crippen LogP contribution in [0.3, 0.4) is 0 Å². The summed E-state index contributed by atoms with van der Waals surface area (Å²) in [7, 11) is 3.19. The molecule has 1 aliphatic carbocycles. The predicted molar refractivity (Wildman–Crippen MR) is 110 cm³/mol. The number of nitrogens with one attached hydrogen (secondary N) is 1. The number of methoxy groups -OCH3 is 2. The Morgan fingerprint density at radius 2 is 1.93 bits per heavy atom. The fourth-order valence-corrected chi connectivity index (χ4v) is 4.15. The van der Waals surface area contributed by atoms with Gasteiger partial charge in [-0.05, 0) is 43.2 Å². The number of carbonyl (C=O) groups excluding carboxylic acids is 1. The van der Waals surface area contributed by atoms with Crippen molar-refractivity contribution < 1.29 is 14.3 Å². The van der Waals surface area contributed by atoms with Crippen molar-refractivity contribution in [1.82, 2.24) is 25.1 Å². The lowest BCUT2D eigenvalue weighted by Crippen LogP contribution is -2.33. The number of amides is 1. The van der Waals surface area contributed by atoms with E-state index in [0.717, 1.165) is 23.4 Å². The molecule has 0 saturated heterocycles. The van der Waals surface area contributed by atoms with Gasteiger partial charge in [0.15, 0.2) is 23.0 Å². The topological polar surface area (TPSA) is 90.6 Å². The summed E-state index contributed by atoms with van der Waals surface area (Å²) < 4.78 is 12.4. The molecule has 4 rings (SSSR count). The van der Waals surface area contributed by atoms with Crippen molar-refractivity contribution in [2.24, 2.45) is 0 Å². The lowest BCUT2D eigenvalue weighted by atomic mass is 10.2. The first kappa shape index (κ1) is 19.5. The number of ether oxygens (including phenoxy) is 2. The number of fused-ring (bicyclic) bond motifs is 1. The molecule has 2 aromatic heterocycles. The highest BCUT2D eigenvalue weighted by molar-refractivity contribution is 7.99. The summed E-state index contributed by atoms with van der Waals surface area (Å²) in [5, 5.41) is 16.9. The molecule has 3 aromatic rings. The zero-order valence-electron chi connectivity index (χ0n) is 16.4. The van der Waals surface area contributed by atoms with E-state index in [1.54, 1.807) is 18.7 Å². The van der Waals surface area contributed by atoms with Gasteiger partial charge in [0, 0.05) is 11.6 Å². The van der Waals surface area contributed by atoms with Gasteiger partial charge in [0.1, 0.15) is 5.03 Å². The maximum atomic E-state index is 12.2. The highest BCUT2D eigenvalue weighted by atomic mass is 32.2. The average molecular weight is 414 g/mol. The highest BCUT2D eigenvalue weighted by Gasteiger charge is 2.18. The minimum absolute atomic E-state index is 0.0488. The summed E-state index contributed by atoms with van der Waals surface area (Å²) in [6.45, 7) is 0. The summed E-state index contributed by atoms with van der Waals surface area (Å²) in [5.74, 6) is 2.23. The zero-order valence-corrected chi connectivity index (χ0v) is 17.2. The zero-order chi connectivity index (χ0) is 20.2. The van der Waals surface area contributed by atoms with Gasteiger partial charge < -0.3 is 14.8 Å². The molecule has 1 N–H and O–H groups in total. The summed E-state index contributed by atoms with van der Waals surface area (Å²) >= 11 is 1.40. The maximum absolute atomic E-state index is 12.2. The highest BCUT2D eigenvalue weighted by Crippen LogP contribution is 2.31. The fraction of sp³-hybridized carbons (Fsp3) is 0.400. The number of benzene rings is 1. The minimum atomic E-state index is 0.0488. The smallest absolute Gasteiger partial charge is 0.230 e. The van der Waals surface area contributed by atoms with Crippen LogP contribution < -0.4 is 14.8 Å². The molecule has 0 unspecified atom stereocenters. The average Bonchev–Trinajstić information content (AvgIpc) is 3.41. The second-order valence-electron chi connectivity index (χ2n) is 6.87. The Balaban J connectivity index is 1.52. The third kappa shape index (κ3) is 4.29. The number of nitrogens with zero attached hydrogens (tertiary/aromatic N) is 4. The Morgan fingerprint density at radius 1 is 1.14 bits per heavy atom. The monoisotopic (exact) mass is 413 g/mol. The number of hydrogen-bond donors (Lipinski definition) is 1. The van der Waals surface area contributed by atoms with Gasteiger partial charge in [-0.2, -0.15) is 9.61 Å². The first-order valence-corrected chi connectivity index (χ1v) is 10.5. The summed E-state index contributed by atoms with van der Waals surface area (Å²) in [6, 6.07) is 9.58. The van der Waals surface area contributed by atoms with Crippen LogP contribution in [-0.4, -0.2) is 51.7 Å². The molecule has 8 nitrogen and oxygen atoms in total. The molecule has 1 aliphatic rings. The fourth-order valence-electron chi connectivity index (χ4n) is 3.48. The van der Waals surface area contributed by atoms with Crippen LogP contribution in [0, 0.1) is 0 Å². The van der Waals surface area contributed by atoms with E-state index in [-0.39, 0.29) is 5.91 Å². The molecule has 0 atom stereocenters. The molecule has 2 heterocycles. The van der Waals surface area contributed by atoms with Gasteiger partial charge in [-0.25, -0.2) is 0 Å². The third-order valence-electron chi connectivity index (χ3n) is 4.95. The van der Waals surface area contributed by atoms with Gasteiger partial charge in [-0.3, -0.25) is 4.79 Å². The molecule has 0 spiro atoms. The van der Waals surface area contributed by atoms with Crippen molar-refractivity contribution in [2.75, 3.05) is 20.0 Å². The molecule has 0 radical (unpaired) electrons. The van der Waals surface area contributed by atoms with Gasteiger partial charge in [0.05, 0.1) is 20.0 Å². The van der Waals surface area contributed by atoms with E-state index in [4.69, 9.17) is 9.47 Å². The second kappa shape index (κ2) is 8.69. The van der Waals surface area contributed by atoms with Crippen molar-refractivity contribution in [3.05, 3.63) is 30.3 Å². The Kier molecular flexibility index (Phi) is 5.84. The molecule has 1 aromatic carbocycles. The van der Waals surface area contributed by atoms with Crippen LogP contribution >= 0.6 is 11.8 Å². The SMILES string of the molecule is COc1ccc(-c2nnc3ccc(SCC(=O)NC4CCCC4)nn23)cc1OC. The van der Waals surface area contributed by atoms with Crippen LogP contribution in [0.5, 0.6) is 11.5 Å². The molecule has 0 aliphatic heterocycles. The van der Waals surface area contributed by atoms with Gasteiger partial charge >= 0.3 is 0 Å². The van der Waals surface area contributed by atoms with Gasteiger partial charge in [0.2, 0.25) is 5.91 Å². The Bertz CT molecular complexity index is 1020. The van der Waals surface area contributed by atoms with Gasteiger partial charge in [-0.15, -0.1) is 10.2 Å². The molecule has 0 bridgehead atoms. The van der Waals surface area contributed by atoms with E-state index in [9.17, 15) is 4.79 Å². The number of hydrogen-bond acceptors (Lipinski definition) is 7. The first-order valence-electron chi connectivity index (χ1n) is 9.55. The number of aromatic nitrogens is 4. The molecular weight excluding hydrogens is 390 g/mol. The normalized spacial score (nSPS) is 14.3. The van der Waals surface area contributed by atoms with Crippen molar-refractivity contribution in [2.45, 2.75) is 36.8 Å². The van der Waals surface area contributed by atoms with Crippen LogP contribution in [0.4, 0.5) is 0 Å². The first-order chi connectivity index (χ1) is 14.2. The molecule has 1 saturated carbocycles. The summed E-state index contributed by atoms with van der Waals surface area (Å²) in [5.41, 5.74) is 1.44. The quantitative estimate of drug-likeness (QED) is 0.596.